The Hall–Kier alpha value is -0.710. The van der Waals surface area contributed by atoms with Crippen LogP contribution in [0.3, 0.4) is 0 Å². The van der Waals surface area contributed by atoms with E-state index in [1.54, 1.807) is 23.5 Å². The molecule has 17 heavy (non-hydrogen) atoms. The van der Waals surface area contributed by atoms with E-state index in [1.165, 1.54) is 16.5 Å². The van der Waals surface area contributed by atoms with Crippen LogP contribution in [0, 0.1) is 12.7 Å². The number of rotatable bonds is 3. The summed E-state index contributed by atoms with van der Waals surface area (Å²) in [6, 6.07) is 8.85. The summed E-state index contributed by atoms with van der Waals surface area (Å²) in [5, 5.41) is 3.24. The third-order valence-corrected chi connectivity index (χ3v) is 4.28. The van der Waals surface area contributed by atoms with Gasteiger partial charge in [-0.05, 0) is 59.2 Å². The van der Waals surface area contributed by atoms with Gasteiger partial charge in [0, 0.05) is 4.88 Å². The molecule has 0 spiro atoms. The van der Waals surface area contributed by atoms with E-state index in [2.05, 4.69) is 34.2 Å². The number of thiophene rings is 1. The van der Waals surface area contributed by atoms with Crippen LogP contribution in [0.25, 0.3) is 0 Å². The fourth-order valence-electron chi connectivity index (χ4n) is 1.93. The molecule has 0 bridgehead atoms. The zero-order chi connectivity index (χ0) is 12.4. The molecule has 0 amide bonds. The van der Waals surface area contributed by atoms with Crippen molar-refractivity contribution < 1.29 is 4.39 Å². The summed E-state index contributed by atoms with van der Waals surface area (Å²) in [5.74, 6) is -0.199. The van der Waals surface area contributed by atoms with E-state index in [0.29, 0.717) is 0 Å². The molecule has 0 saturated heterocycles. The highest BCUT2D eigenvalue weighted by atomic mass is 79.9. The third kappa shape index (κ3) is 2.76. The molecule has 0 aliphatic carbocycles. The van der Waals surface area contributed by atoms with Crippen molar-refractivity contribution in [3.8, 4) is 0 Å². The molecule has 90 valence electrons. The van der Waals surface area contributed by atoms with Gasteiger partial charge >= 0.3 is 0 Å². The number of nitrogens with one attached hydrogen (secondary N) is 1. The fraction of sp³-hybridized carbons (Fsp3) is 0.231. The Balaban J connectivity index is 2.43. The third-order valence-electron chi connectivity index (χ3n) is 2.71. The first kappa shape index (κ1) is 12.7. The summed E-state index contributed by atoms with van der Waals surface area (Å²) >= 11 is 5.18. The first-order valence-corrected chi connectivity index (χ1v) is 6.91. The number of aryl methyl sites for hydroxylation is 1. The van der Waals surface area contributed by atoms with Gasteiger partial charge in [-0.25, -0.2) is 4.39 Å². The first-order chi connectivity index (χ1) is 8.11. The Morgan fingerprint density at radius 3 is 2.65 bits per heavy atom. The van der Waals surface area contributed by atoms with Crippen LogP contribution < -0.4 is 5.32 Å². The van der Waals surface area contributed by atoms with Gasteiger partial charge < -0.3 is 5.32 Å². The van der Waals surface area contributed by atoms with Gasteiger partial charge in [-0.3, -0.25) is 0 Å². The lowest BCUT2D eigenvalue weighted by molar-refractivity contribution is 0.616. The second-order valence-electron chi connectivity index (χ2n) is 3.84. The predicted octanol–water partition coefficient (Wildman–Crippen LogP) is 4.27. The van der Waals surface area contributed by atoms with Crippen molar-refractivity contribution in [1.29, 1.82) is 0 Å². The van der Waals surface area contributed by atoms with Gasteiger partial charge in [0.25, 0.3) is 0 Å². The minimum Gasteiger partial charge on any atom is -0.309 e. The molecule has 1 unspecified atom stereocenters. The number of benzene rings is 1. The van der Waals surface area contributed by atoms with Crippen molar-refractivity contribution in [3.05, 3.63) is 55.9 Å². The number of halogens is 2. The largest absolute Gasteiger partial charge is 0.309 e. The molecule has 0 aliphatic heterocycles. The maximum Gasteiger partial charge on any atom is 0.123 e. The highest BCUT2D eigenvalue weighted by Gasteiger charge is 2.16. The molecular formula is C13H13BrFNS. The van der Waals surface area contributed by atoms with Gasteiger partial charge in [-0.15, -0.1) is 11.3 Å². The number of hydrogen-bond acceptors (Lipinski definition) is 2. The molecule has 0 fully saturated rings. The molecule has 2 rings (SSSR count). The predicted molar refractivity (Wildman–Crippen MR) is 74.1 cm³/mol. The van der Waals surface area contributed by atoms with Crippen molar-refractivity contribution >= 4 is 27.3 Å². The quantitative estimate of drug-likeness (QED) is 0.892. The molecule has 2 aromatic rings. The molecule has 4 heteroatoms. The van der Waals surface area contributed by atoms with Crippen LogP contribution in [0.2, 0.25) is 0 Å². The Bertz CT molecular complexity index is 524. The molecule has 0 radical (unpaired) electrons. The molecule has 1 aromatic heterocycles. The summed E-state index contributed by atoms with van der Waals surface area (Å²) < 4.78 is 14.3. The summed E-state index contributed by atoms with van der Waals surface area (Å²) in [6.45, 7) is 2.08. The van der Waals surface area contributed by atoms with Gasteiger partial charge in [0.2, 0.25) is 0 Å². The maximum absolute atomic E-state index is 13.3. The average Bonchev–Trinajstić information content (AvgIpc) is 2.59. The van der Waals surface area contributed by atoms with Crippen molar-refractivity contribution in [3.63, 3.8) is 0 Å². The molecule has 0 saturated carbocycles. The smallest absolute Gasteiger partial charge is 0.123 e. The minimum absolute atomic E-state index is 0.0354. The zero-order valence-corrected chi connectivity index (χ0v) is 12.0. The molecular weight excluding hydrogens is 301 g/mol. The van der Waals surface area contributed by atoms with E-state index in [-0.39, 0.29) is 11.9 Å². The lowest BCUT2D eigenvalue weighted by Gasteiger charge is -2.16. The van der Waals surface area contributed by atoms with Crippen molar-refractivity contribution in [2.45, 2.75) is 13.0 Å². The Morgan fingerprint density at radius 2 is 2.12 bits per heavy atom. The van der Waals surface area contributed by atoms with Gasteiger partial charge in [-0.2, -0.15) is 0 Å². The van der Waals surface area contributed by atoms with Crippen LogP contribution in [-0.4, -0.2) is 7.05 Å². The normalized spacial score (nSPS) is 12.7. The van der Waals surface area contributed by atoms with Crippen LogP contribution >= 0.6 is 27.3 Å². The van der Waals surface area contributed by atoms with Crippen LogP contribution in [-0.2, 0) is 0 Å². The van der Waals surface area contributed by atoms with Gasteiger partial charge in [0.15, 0.2) is 0 Å². The Labute approximate surface area is 113 Å². The van der Waals surface area contributed by atoms with E-state index < -0.39 is 0 Å². The number of hydrogen-bond donors (Lipinski definition) is 1. The topological polar surface area (TPSA) is 12.0 Å². The monoisotopic (exact) mass is 313 g/mol. The molecule has 1 N–H and O–H groups in total. The standard InChI is InChI=1S/C13H13BrFNS/c1-8-11(7-12(14)17-8)13(16-2)9-4-3-5-10(15)6-9/h3-7,13,16H,1-2H3. The van der Waals surface area contributed by atoms with Crippen molar-refractivity contribution in [1.82, 2.24) is 5.32 Å². The summed E-state index contributed by atoms with van der Waals surface area (Å²) in [6.07, 6.45) is 0. The highest BCUT2D eigenvalue weighted by molar-refractivity contribution is 9.11. The second kappa shape index (κ2) is 5.29. The van der Waals surface area contributed by atoms with Crippen molar-refractivity contribution in [2.24, 2.45) is 0 Å². The lowest BCUT2D eigenvalue weighted by Crippen LogP contribution is -2.17. The average molecular weight is 314 g/mol. The van der Waals surface area contributed by atoms with Gasteiger partial charge in [0.1, 0.15) is 5.82 Å². The molecule has 1 atom stereocenters. The van der Waals surface area contributed by atoms with Gasteiger partial charge in [-0.1, -0.05) is 12.1 Å². The van der Waals surface area contributed by atoms with Crippen molar-refractivity contribution in [2.75, 3.05) is 7.05 Å². The van der Waals surface area contributed by atoms with Crippen LogP contribution in [0.4, 0.5) is 4.39 Å². The zero-order valence-electron chi connectivity index (χ0n) is 9.63. The SMILES string of the molecule is CNC(c1cccc(F)c1)c1cc(Br)sc1C. The minimum atomic E-state index is -0.199. The Morgan fingerprint density at radius 1 is 1.35 bits per heavy atom. The summed E-state index contributed by atoms with van der Waals surface area (Å²) in [7, 11) is 1.89. The highest BCUT2D eigenvalue weighted by Crippen LogP contribution is 2.33. The first-order valence-electron chi connectivity index (χ1n) is 5.30. The molecule has 1 heterocycles. The molecule has 1 nitrogen and oxygen atoms in total. The lowest BCUT2D eigenvalue weighted by atomic mass is 10.00. The van der Waals surface area contributed by atoms with E-state index in [0.717, 1.165) is 9.35 Å². The molecule has 0 aliphatic rings. The van der Waals surface area contributed by atoms with Crippen LogP contribution in [0.5, 0.6) is 0 Å². The van der Waals surface area contributed by atoms with Gasteiger partial charge in [0.05, 0.1) is 9.83 Å². The van der Waals surface area contributed by atoms with E-state index >= 15 is 0 Å². The van der Waals surface area contributed by atoms with E-state index in [1.807, 2.05) is 13.1 Å². The fourth-order valence-corrected chi connectivity index (χ4v) is 3.68. The summed E-state index contributed by atoms with van der Waals surface area (Å²) in [4.78, 5) is 1.24. The molecule has 1 aromatic carbocycles. The van der Waals surface area contributed by atoms with E-state index in [4.69, 9.17) is 0 Å². The van der Waals surface area contributed by atoms with Crippen LogP contribution in [0.1, 0.15) is 22.0 Å². The van der Waals surface area contributed by atoms with E-state index in [9.17, 15) is 4.39 Å². The van der Waals surface area contributed by atoms with Crippen LogP contribution in [0.15, 0.2) is 34.1 Å². The summed E-state index contributed by atoms with van der Waals surface area (Å²) in [5.41, 5.74) is 2.14. The Kier molecular flexibility index (Phi) is 3.97. The second-order valence-corrected chi connectivity index (χ2v) is 6.47. The maximum atomic E-state index is 13.3.